The minimum absolute atomic E-state index is 0.144. The zero-order chi connectivity index (χ0) is 14.7. The molecule has 0 spiro atoms. The summed E-state index contributed by atoms with van der Waals surface area (Å²) in [5.41, 5.74) is 1.59. The monoisotopic (exact) mass is 310 g/mol. The van der Waals surface area contributed by atoms with E-state index in [-0.39, 0.29) is 5.56 Å². The van der Waals surface area contributed by atoms with E-state index in [9.17, 15) is 4.79 Å². The first kappa shape index (κ1) is 14.8. The minimum atomic E-state index is -1.01. The van der Waals surface area contributed by atoms with Crippen LogP contribution in [-0.2, 0) is 12.8 Å². The van der Waals surface area contributed by atoms with Crippen molar-refractivity contribution in [2.75, 3.05) is 0 Å². The third kappa shape index (κ3) is 3.26. The van der Waals surface area contributed by atoms with E-state index in [1.54, 1.807) is 12.1 Å². The lowest BCUT2D eigenvalue weighted by Gasteiger charge is -2.06. The smallest absolute Gasteiger partial charge is 0.339 e. The second-order valence-corrected chi connectivity index (χ2v) is 5.04. The van der Waals surface area contributed by atoms with E-state index >= 15 is 0 Å². The van der Waals surface area contributed by atoms with Crippen LogP contribution >= 0.6 is 23.2 Å². The van der Waals surface area contributed by atoms with Gasteiger partial charge in [-0.15, -0.1) is 0 Å². The molecule has 0 unspecified atom stereocenters. The zero-order valence-electron chi connectivity index (χ0n) is 10.7. The van der Waals surface area contributed by atoms with Crippen molar-refractivity contribution < 1.29 is 9.90 Å². The summed E-state index contributed by atoms with van der Waals surface area (Å²) in [7, 11) is 0. The Bertz CT molecular complexity index is 660. The highest BCUT2D eigenvalue weighted by atomic mass is 35.5. The zero-order valence-corrected chi connectivity index (χ0v) is 12.2. The maximum atomic E-state index is 11.0. The first-order valence-corrected chi connectivity index (χ1v) is 6.79. The summed E-state index contributed by atoms with van der Waals surface area (Å²) >= 11 is 11.8. The number of aryl methyl sites for hydroxylation is 1. The molecular weight excluding hydrogens is 299 g/mol. The maximum Gasteiger partial charge on any atom is 0.339 e. The average Bonchev–Trinajstić information content (AvgIpc) is 2.42. The van der Waals surface area contributed by atoms with Gasteiger partial charge >= 0.3 is 5.97 Å². The van der Waals surface area contributed by atoms with E-state index in [0.29, 0.717) is 34.4 Å². The third-order valence-electron chi connectivity index (χ3n) is 2.83. The van der Waals surface area contributed by atoms with Gasteiger partial charge in [-0.05, 0) is 24.1 Å². The Balaban J connectivity index is 2.29. The molecule has 0 saturated heterocycles. The van der Waals surface area contributed by atoms with Crippen LogP contribution in [0.25, 0.3) is 0 Å². The van der Waals surface area contributed by atoms with Gasteiger partial charge in [0.15, 0.2) is 0 Å². The van der Waals surface area contributed by atoms with Crippen LogP contribution < -0.4 is 0 Å². The number of halogens is 2. The largest absolute Gasteiger partial charge is 0.478 e. The molecular formula is C14H12Cl2N2O2. The highest BCUT2D eigenvalue weighted by Gasteiger charge is 2.12. The summed E-state index contributed by atoms with van der Waals surface area (Å²) in [6.07, 6.45) is 2.36. The molecule has 0 amide bonds. The molecule has 0 fully saturated rings. The van der Waals surface area contributed by atoms with Gasteiger partial charge < -0.3 is 5.11 Å². The van der Waals surface area contributed by atoms with E-state index in [0.717, 1.165) is 5.56 Å². The van der Waals surface area contributed by atoms with Crippen molar-refractivity contribution in [3.05, 3.63) is 57.1 Å². The molecule has 0 aliphatic carbocycles. The van der Waals surface area contributed by atoms with Crippen molar-refractivity contribution in [2.24, 2.45) is 0 Å². The molecule has 2 rings (SSSR count). The van der Waals surface area contributed by atoms with Crippen molar-refractivity contribution in [3.8, 4) is 0 Å². The van der Waals surface area contributed by atoms with Gasteiger partial charge in [-0.3, -0.25) is 0 Å². The Hall–Kier alpha value is -1.65. The fraction of sp³-hybridized carbons (Fsp3) is 0.214. The molecule has 0 saturated carbocycles. The van der Waals surface area contributed by atoms with E-state index in [4.69, 9.17) is 28.3 Å². The molecule has 1 heterocycles. The molecule has 0 aliphatic heterocycles. The van der Waals surface area contributed by atoms with Crippen LogP contribution in [0.2, 0.25) is 10.0 Å². The Morgan fingerprint density at radius 2 is 2.05 bits per heavy atom. The third-order valence-corrected chi connectivity index (χ3v) is 3.57. The van der Waals surface area contributed by atoms with Crippen LogP contribution in [0.1, 0.15) is 34.4 Å². The van der Waals surface area contributed by atoms with Gasteiger partial charge in [0.1, 0.15) is 5.82 Å². The van der Waals surface area contributed by atoms with Gasteiger partial charge in [-0.1, -0.05) is 36.2 Å². The summed E-state index contributed by atoms with van der Waals surface area (Å²) in [5.74, 6) is -0.451. The number of nitrogens with zero attached hydrogens (tertiary/aromatic N) is 2. The fourth-order valence-electron chi connectivity index (χ4n) is 1.82. The molecule has 2 aromatic rings. The van der Waals surface area contributed by atoms with Crippen LogP contribution in [0.3, 0.4) is 0 Å². The molecule has 20 heavy (non-hydrogen) atoms. The summed E-state index contributed by atoms with van der Waals surface area (Å²) in [6.45, 7) is 1.86. The van der Waals surface area contributed by atoms with Gasteiger partial charge in [-0.25, -0.2) is 14.8 Å². The molecule has 0 radical (unpaired) electrons. The SMILES string of the molecule is CCc1nc(Cc2ccc(Cl)c(Cl)c2)ncc1C(=O)O. The van der Waals surface area contributed by atoms with Gasteiger partial charge in [-0.2, -0.15) is 0 Å². The predicted molar refractivity (Wildman–Crippen MR) is 77.6 cm³/mol. The average molecular weight is 311 g/mol. The number of rotatable bonds is 4. The van der Waals surface area contributed by atoms with Gasteiger partial charge in [0.25, 0.3) is 0 Å². The standard InChI is InChI=1S/C14H12Cl2N2O2/c1-2-12-9(14(19)20)7-17-13(18-12)6-8-3-4-10(15)11(16)5-8/h3-5,7H,2,6H2,1H3,(H,19,20). The van der Waals surface area contributed by atoms with Crippen LogP contribution in [-0.4, -0.2) is 21.0 Å². The lowest BCUT2D eigenvalue weighted by molar-refractivity contribution is 0.0694. The van der Waals surface area contributed by atoms with E-state index in [2.05, 4.69) is 9.97 Å². The normalized spacial score (nSPS) is 10.6. The Morgan fingerprint density at radius 3 is 2.65 bits per heavy atom. The first-order chi connectivity index (χ1) is 9.51. The molecule has 4 nitrogen and oxygen atoms in total. The summed E-state index contributed by atoms with van der Waals surface area (Å²) < 4.78 is 0. The number of hydrogen-bond acceptors (Lipinski definition) is 3. The Morgan fingerprint density at radius 1 is 1.30 bits per heavy atom. The fourth-order valence-corrected chi connectivity index (χ4v) is 2.14. The van der Waals surface area contributed by atoms with Crippen molar-refractivity contribution in [1.82, 2.24) is 9.97 Å². The van der Waals surface area contributed by atoms with Gasteiger partial charge in [0.05, 0.1) is 21.3 Å². The van der Waals surface area contributed by atoms with Crippen LogP contribution in [0, 0.1) is 0 Å². The van der Waals surface area contributed by atoms with Crippen molar-refractivity contribution in [2.45, 2.75) is 19.8 Å². The van der Waals surface area contributed by atoms with E-state index in [1.165, 1.54) is 6.20 Å². The van der Waals surface area contributed by atoms with Crippen LogP contribution in [0.15, 0.2) is 24.4 Å². The lowest BCUT2D eigenvalue weighted by atomic mass is 10.1. The number of carboxylic acids is 1. The molecule has 6 heteroatoms. The minimum Gasteiger partial charge on any atom is -0.478 e. The molecule has 0 aliphatic rings. The Labute approximate surface area is 126 Å². The quantitative estimate of drug-likeness (QED) is 0.936. The number of benzene rings is 1. The molecule has 0 bridgehead atoms. The number of carbonyl (C=O) groups is 1. The van der Waals surface area contributed by atoms with Crippen molar-refractivity contribution in [3.63, 3.8) is 0 Å². The highest BCUT2D eigenvalue weighted by Crippen LogP contribution is 2.23. The number of aromatic carboxylic acids is 1. The number of carboxylic acid groups (broad SMARTS) is 1. The van der Waals surface area contributed by atoms with Gasteiger partial charge in [0, 0.05) is 12.6 Å². The van der Waals surface area contributed by atoms with Crippen LogP contribution in [0.4, 0.5) is 0 Å². The summed E-state index contributed by atoms with van der Waals surface area (Å²) in [4.78, 5) is 19.4. The Kier molecular flexibility index (Phi) is 4.57. The van der Waals surface area contributed by atoms with Crippen molar-refractivity contribution in [1.29, 1.82) is 0 Å². The second-order valence-electron chi connectivity index (χ2n) is 4.23. The lowest BCUT2D eigenvalue weighted by Crippen LogP contribution is -2.08. The van der Waals surface area contributed by atoms with E-state index in [1.807, 2.05) is 13.0 Å². The summed E-state index contributed by atoms with van der Waals surface area (Å²) in [5, 5.41) is 10.00. The first-order valence-electron chi connectivity index (χ1n) is 6.03. The van der Waals surface area contributed by atoms with Gasteiger partial charge in [0.2, 0.25) is 0 Å². The molecule has 1 aromatic carbocycles. The van der Waals surface area contributed by atoms with Crippen molar-refractivity contribution >= 4 is 29.2 Å². The highest BCUT2D eigenvalue weighted by molar-refractivity contribution is 6.42. The summed E-state index contributed by atoms with van der Waals surface area (Å²) in [6, 6.07) is 5.31. The molecule has 104 valence electrons. The molecule has 1 aromatic heterocycles. The maximum absolute atomic E-state index is 11.0. The van der Waals surface area contributed by atoms with E-state index < -0.39 is 5.97 Å². The molecule has 1 N–H and O–H groups in total. The second kappa shape index (κ2) is 6.20. The number of hydrogen-bond donors (Lipinski definition) is 1. The van der Waals surface area contributed by atoms with Crippen LogP contribution in [0.5, 0.6) is 0 Å². The topological polar surface area (TPSA) is 63.1 Å². The number of aromatic nitrogens is 2. The molecule has 0 atom stereocenters. The predicted octanol–water partition coefficient (Wildman–Crippen LogP) is 3.63.